The number of hydrogen-bond acceptors (Lipinski definition) is 2. The maximum absolute atomic E-state index is 5.38. The summed E-state index contributed by atoms with van der Waals surface area (Å²) < 4.78 is 0. The smallest absolute Gasteiger partial charge is 0.0689 e. The summed E-state index contributed by atoms with van der Waals surface area (Å²) in [5.41, 5.74) is 1.03. The molecule has 0 aromatic carbocycles. The largest absolute Gasteiger partial charge is 0.296 e. The van der Waals surface area contributed by atoms with Crippen molar-refractivity contribution < 1.29 is 0 Å². The van der Waals surface area contributed by atoms with Gasteiger partial charge in [-0.3, -0.25) is 10.3 Å². The summed E-state index contributed by atoms with van der Waals surface area (Å²) in [7, 11) is 0. The summed E-state index contributed by atoms with van der Waals surface area (Å²) in [6, 6.07) is 6.23. The van der Waals surface area contributed by atoms with E-state index in [4.69, 9.17) is 6.42 Å². The standard InChI is InChI=1S/C12H16N2/c1-4-11(5-2)14-10(3)12-8-6-7-9-13-12/h1,6-11,14H,5H2,2-3H3/t10-,11?/m1/s1. The topological polar surface area (TPSA) is 24.9 Å². The van der Waals surface area contributed by atoms with Gasteiger partial charge in [-0.25, -0.2) is 0 Å². The summed E-state index contributed by atoms with van der Waals surface area (Å²) in [5.74, 6) is 2.71. The molecule has 0 spiro atoms. The van der Waals surface area contributed by atoms with E-state index in [1.807, 2.05) is 18.2 Å². The van der Waals surface area contributed by atoms with E-state index in [1.54, 1.807) is 6.20 Å². The van der Waals surface area contributed by atoms with Crippen molar-refractivity contribution in [2.24, 2.45) is 0 Å². The van der Waals surface area contributed by atoms with Crippen LogP contribution in [0.15, 0.2) is 24.4 Å². The first-order valence-electron chi connectivity index (χ1n) is 4.91. The van der Waals surface area contributed by atoms with Gasteiger partial charge in [0.15, 0.2) is 0 Å². The molecule has 2 atom stereocenters. The van der Waals surface area contributed by atoms with Crippen molar-refractivity contribution in [1.82, 2.24) is 10.3 Å². The van der Waals surface area contributed by atoms with Crippen LogP contribution in [0.25, 0.3) is 0 Å². The third-order valence-corrected chi connectivity index (χ3v) is 2.19. The van der Waals surface area contributed by atoms with Crippen molar-refractivity contribution in [3.8, 4) is 12.3 Å². The summed E-state index contributed by atoms with van der Waals surface area (Å²) in [5, 5.41) is 3.33. The molecule has 2 heteroatoms. The maximum atomic E-state index is 5.38. The van der Waals surface area contributed by atoms with Gasteiger partial charge in [0.1, 0.15) is 0 Å². The van der Waals surface area contributed by atoms with Crippen LogP contribution in [0.3, 0.4) is 0 Å². The third kappa shape index (κ3) is 2.86. The second-order valence-corrected chi connectivity index (χ2v) is 3.27. The van der Waals surface area contributed by atoms with Crippen LogP contribution in [0.4, 0.5) is 0 Å². The molecule has 1 unspecified atom stereocenters. The fourth-order valence-corrected chi connectivity index (χ4v) is 1.30. The van der Waals surface area contributed by atoms with E-state index in [-0.39, 0.29) is 12.1 Å². The summed E-state index contributed by atoms with van der Waals surface area (Å²) in [6.07, 6.45) is 8.11. The molecule has 0 amide bonds. The number of terminal acetylenes is 1. The van der Waals surface area contributed by atoms with Crippen molar-refractivity contribution in [2.75, 3.05) is 0 Å². The molecule has 1 aromatic rings. The predicted molar refractivity (Wildman–Crippen MR) is 58.7 cm³/mol. The van der Waals surface area contributed by atoms with E-state index in [0.717, 1.165) is 12.1 Å². The van der Waals surface area contributed by atoms with Crippen molar-refractivity contribution in [2.45, 2.75) is 32.4 Å². The van der Waals surface area contributed by atoms with E-state index in [9.17, 15) is 0 Å². The highest BCUT2D eigenvalue weighted by Gasteiger charge is 2.09. The number of nitrogens with zero attached hydrogens (tertiary/aromatic N) is 1. The molecule has 1 heterocycles. The van der Waals surface area contributed by atoms with Gasteiger partial charge in [-0.2, -0.15) is 0 Å². The lowest BCUT2D eigenvalue weighted by Gasteiger charge is -2.17. The Bertz CT molecular complexity index is 300. The molecule has 1 rings (SSSR count). The summed E-state index contributed by atoms with van der Waals surface area (Å²) in [4.78, 5) is 4.27. The number of aromatic nitrogens is 1. The SMILES string of the molecule is C#CC(CC)N[C@H](C)c1ccccn1. The molecule has 0 aliphatic heterocycles. The van der Waals surface area contributed by atoms with Crippen LogP contribution >= 0.6 is 0 Å². The van der Waals surface area contributed by atoms with Gasteiger partial charge in [-0.1, -0.05) is 18.9 Å². The predicted octanol–water partition coefficient (Wildman–Crippen LogP) is 2.14. The molecule has 0 saturated carbocycles. The number of nitrogens with one attached hydrogen (secondary N) is 1. The third-order valence-electron chi connectivity index (χ3n) is 2.19. The molecule has 0 fully saturated rings. The Morgan fingerprint density at radius 2 is 2.36 bits per heavy atom. The average molecular weight is 188 g/mol. The van der Waals surface area contributed by atoms with Gasteiger partial charge in [0.25, 0.3) is 0 Å². The van der Waals surface area contributed by atoms with E-state index in [2.05, 4.69) is 30.1 Å². The van der Waals surface area contributed by atoms with Gasteiger partial charge in [-0.05, 0) is 25.5 Å². The van der Waals surface area contributed by atoms with Gasteiger partial charge in [0.2, 0.25) is 0 Å². The zero-order valence-corrected chi connectivity index (χ0v) is 8.70. The molecule has 0 aliphatic rings. The number of pyridine rings is 1. The molecular formula is C12H16N2. The Morgan fingerprint density at radius 3 is 2.86 bits per heavy atom. The monoisotopic (exact) mass is 188 g/mol. The van der Waals surface area contributed by atoms with Gasteiger partial charge < -0.3 is 0 Å². The second-order valence-electron chi connectivity index (χ2n) is 3.27. The van der Waals surface area contributed by atoms with Crippen LogP contribution in [0.1, 0.15) is 32.0 Å². The van der Waals surface area contributed by atoms with Crippen molar-refractivity contribution in [3.05, 3.63) is 30.1 Å². The van der Waals surface area contributed by atoms with Gasteiger partial charge in [0.05, 0.1) is 11.7 Å². The Morgan fingerprint density at radius 1 is 1.57 bits per heavy atom. The molecule has 2 nitrogen and oxygen atoms in total. The average Bonchev–Trinajstić information content (AvgIpc) is 2.26. The van der Waals surface area contributed by atoms with E-state index < -0.39 is 0 Å². The van der Waals surface area contributed by atoms with Gasteiger partial charge in [-0.15, -0.1) is 6.42 Å². The lowest BCUT2D eigenvalue weighted by atomic mass is 10.1. The number of hydrogen-bond donors (Lipinski definition) is 1. The molecular weight excluding hydrogens is 172 g/mol. The van der Waals surface area contributed by atoms with E-state index in [0.29, 0.717) is 0 Å². The first-order valence-corrected chi connectivity index (χ1v) is 4.91. The lowest BCUT2D eigenvalue weighted by molar-refractivity contribution is 0.503. The highest BCUT2D eigenvalue weighted by Crippen LogP contribution is 2.09. The molecule has 14 heavy (non-hydrogen) atoms. The first kappa shape index (κ1) is 10.7. The zero-order chi connectivity index (χ0) is 10.4. The van der Waals surface area contributed by atoms with Gasteiger partial charge >= 0.3 is 0 Å². The van der Waals surface area contributed by atoms with E-state index >= 15 is 0 Å². The fraction of sp³-hybridized carbons (Fsp3) is 0.417. The van der Waals surface area contributed by atoms with Crippen LogP contribution in [-0.4, -0.2) is 11.0 Å². The summed E-state index contributed by atoms with van der Waals surface area (Å²) in [6.45, 7) is 4.14. The quantitative estimate of drug-likeness (QED) is 0.732. The molecule has 74 valence electrons. The van der Waals surface area contributed by atoms with Crippen molar-refractivity contribution in [3.63, 3.8) is 0 Å². The minimum atomic E-state index is 0.131. The normalized spacial score (nSPS) is 14.4. The van der Waals surface area contributed by atoms with Crippen LogP contribution in [0, 0.1) is 12.3 Å². The first-order chi connectivity index (χ1) is 6.77. The fourth-order valence-electron chi connectivity index (χ4n) is 1.30. The molecule has 0 radical (unpaired) electrons. The summed E-state index contributed by atoms with van der Waals surface area (Å²) >= 11 is 0. The van der Waals surface area contributed by atoms with Crippen molar-refractivity contribution >= 4 is 0 Å². The molecule has 1 N–H and O–H groups in total. The Hall–Kier alpha value is -1.33. The highest BCUT2D eigenvalue weighted by molar-refractivity contribution is 5.09. The Kier molecular flexibility index (Phi) is 4.15. The Labute approximate surface area is 85.8 Å². The molecule has 0 saturated heterocycles. The minimum Gasteiger partial charge on any atom is -0.296 e. The van der Waals surface area contributed by atoms with E-state index in [1.165, 1.54) is 0 Å². The van der Waals surface area contributed by atoms with Crippen LogP contribution in [-0.2, 0) is 0 Å². The molecule has 0 bridgehead atoms. The van der Waals surface area contributed by atoms with Gasteiger partial charge in [0, 0.05) is 12.2 Å². The number of rotatable bonds is 4. The highest BCUT2D eigenvalue weighted by atomic mass is 15.0. The Balaban J connectivity index is 2.59. The zero-order valence-electron chi connectivity index (χ0n) is 8.70. The second kappa shape index (κ2) is 5.41. The van der Waals surface area contributed by atoms with Crippen LogP contribution < -0.4 is 5.32 Å². The maximum Gasteiger partial charge on any atom is 0.0689 e. The minimum absolute atomic E-state index is 0.131. The van der Waals surface area contributed by atoms with Crippen LogP contribution in [0.5, 0.6) is 0 Å². The van der Waals surface area contributed by atoms with Crippen molar-refractivity contribution in [1.29, 1.82) is 0 Å². The lowest BCUT2D eigenvalue weighted by Crippen LogP contribution is -2.29. The van der Waals surface area contributed by atoms with Crippen LogP contribution in [0.2, 0.25) is 0 Å². The molecule has 1 aromatic heterocycles. The molecule has 0 aliphatic carbocycles.